The van der Waals surface area contributed by atoms with Crippen LogP contribution in [0.1, 0.15) is 30.3 Å². The summed E-state index contributed by atoms with van der Waals surface area (Å²) in [5.74, 6) is 0.616. The molecule has 1 saturated carbocycles. The van der Waals surface area contributed by atoms with Crippen molar-refractivity contribution >= 4 is 21.8 Å². The Morgan fingerprint density at radius 3 is 2.89 bits per heavy atom. The SMILES string of the molecule is COCCN(C(=O)c1cccc(Br)n1)C(C)C1CC1. The fraction of sp³-hybridized carbons (Fsp3) is 0.571. The molecule has 1 heterocycles. The van der Waals surface area contributed by atoms with Crippen LogP contribution in [0, 0.1) is 5.92 Å². The lowest BCUT2D eigenvalue weighted by atomic mass is 10.1. The van der Waals surface area contributed by atoms with Gasteiger partial charge in [0.05, 0.1) is 6.61 Å². The highest BCUT2D eigenvalue weighted by Gasteiger charge is 2.34. The second-order valence-corrected chi connectivity index (χ2v) is 5.73. The van der Waals surface area contributed by atoms with E-state index in [0.29, 0.717) is 29.4 Å². The van der Waals surface area contributed by atoms with Gasteiger partial charge in [0.15, 0.2) is 0 Å². The molecule has 1 aliphatic rings. The van der Waals surface area contributed by atoms with Crippen LogP contribution < -0.4 is 0 Å². The topological polar surface area (TPSA) is 42.4 Å². The van der Waals surface area contributed by atoms with Crippen LogP contribution in [0.15, 0.2) is 22.8 Å². The van der Waals surface area contributed by atoms with Gasteiger partial charge in [0.25, 0.3) is 5.91 Å². The van der Waals surface area contributed by atoms with Gasteiger partial charge in [0.2, 0.25) is 0 Å². The molecule has 4 nitrogen and oxygen atoms in total. The van der Waals surface area contributed by atoms with Crippen molar-refractivity contribution in [3.05, 3.63) is 28.5 Å². The Balaban J connectivity index is 2.14. The summed E-state index contributed by atoms with van der Waals surface area (Å²) in [6, 6.07) is 5.66. The van der Waals surface area contributed by atoms with E-state index < -0.39 is 0 Å². The molecule has 1 unspecified atom stereocenters. The number of hydrogen-bond acceptors (Lipinski definition) is 3. The van der Waals surface area contributed by atoms with E-state index in [-0.39, 0.29) is 11.9 Å². The van der Waals surface area contributed by atoms with Crippen LogP contribution in [0.25, 0.3) is 0 Å². The number of rotatable bonds is 6. The Morgan fingerprint density at radius 2 is 2.32 bits per heavy atom. The second kappa shape index (κ2) is 6.48. The largest absolute Gasteiger partial charge is 0.383 e. The number of amides is 1. The summed E-state index contributed by atoms with van der Waals surface area (Å²) in [4.78, 5) is 18.7. The lowest BCUT2D eigenvalue weighted by molar-refractivity contribution is 0.0588. The standard InChI is InChI=1S/C14H19BrN2O2/c1-10(11-6-7-11)17(8-9-19-2)14(18)12-4-3-5-13(15)16-12/h3-5,10-11H,6-9H2,1-2H3. The van der Waals surface area contributed by atoms with E-state index in [9.17, 15) is 4.79 Å². The molecule has 0 N–H and O–H groups in total. The normalized spacial score (nSPS) is 16.2. The molecule has 1 aliphatic carbocycles. The first-order valence-corrected chi connectivity index (χ1v) is 7.35. The third-order valence-electron chi connectivity index (χ3n) is 3.53. The quantitative estimate of drug-likeness (QED) is 0.755. The Morgan fingerprint density at radius 1 is 1.58 bits per heavy atom. The first-order chi connectivity index (χ1) is 9.13. The predicted octanol–water partition coefficient (Wildman–Crippen LogP) is 2.73. The van der Waals surface area contributed by atoms with Crippen LogP contribution in [0.4, 0.5) is 0 Å². The van der Waals surface area contributed by atoms with E-state index in [2.05, 4.69) is 27.8 Å². The fourth-order valence-electron chi connectivity index (χ4n) is 2.19. The third kappa shape index (κ3) is 3.76. The van der Waals surface area contributed by atoms with Crippen LogP contribution in [0.3, 0.4) is 0 Å². The number of carbonyl (C=O) groups is 1. The van der Waals surface area contributed by atoms with Crippen molar-refractivity contribution in [3.8, 4) is 0 Å². The van der Waals surface area contributed by atoms with Crippen LogP contribution in [0.2, 0.25) is 0 Å². The van der Waals surface area contributed by atoms with Gasteiger partial charge in [0, 0.05) is 19.7 Å². The maximum atomic E-state index is 12.6. The van der Waals surface area contributed by atoms with Crippen LogP contribution in [0.5, 0.6) is 0 Å². The van der Waals surface area contributed by atoms with Gasteiger partial charge < -0.3 is 9.64 Å². The first kappa shape index (κ1) is 14.5. The van der Waals surface area contributed by atoms with Gasteiger partial charge in [-0.2, -0.15) is 0 Å². The van der Waals surface area contributed by atoms with Crippen LogP contribution in [-0.4, -0.2) is 42.1 Å². The van der Waals surface area contributed by atoms with E-state index in [4.69, 9.17) is 4.74 Å². The molecule has 0 radical (unpaired) electrons. The highest BCUT2D eigenvalue weighted by Crippen LogP contribution is 2.35. The smallest absolute Gasteiger partial charge is 0.272 e. The molecular formula is C14H19BrN2O2. The van der Waals surface area contributed by atoms with Crippen LogP contribution in [-0.2, 0) is 4.74 Å². The van der Waals surface area contributed by atoms with Crippen molar-refractivity contribution in [2.24, 2.45) is 5.92 Å². The summed E-state index contributed by atoms with van der Waals surface area (Å²) in [7, 11) is 1.65. The highest BCUT2D eigenvalue weighted by atomic mass is 79.9. The van der Waals surface area contributed by atoms with Gasteiger partial charge in [-0.05, 0) is 53.7 Å². The van der Waals surface area contributed by atoms with Gasteiger partial charge in [-0.15, -0.1) is 0 Å². The Labute approximate surface area is 122 Å². The van der Waals surface area contributed by atoms with Gasteiger partial charge in [0.1, 0.15) is 10.3 Å². The van der Waals surface area contributed by atoms with Crippen LogP contribution >= 0.6 is 15.9 Å². The molecule has 1 amide bonds. The van der Waals surface area contributed by atoms with Gasteiger partial charge >= 0.3 is 0 Å². The lowest BCUT2D eigenvalue weighted by Gasteiger charge is -2.29. The van der Waals surface area contributed by atoms with E-state index in [1.54, 1.807) is 13.2 Å². The predicted molar refractivity (Wildman–Crippen MR) is 77.0 cm³/mol. The number of ether oxygens (including phenoxy) is 1. The molecule has 1 aromatic rings. The third-order valence-corrected chi connectivity index (χ3v) is 3.97. The number of pyridine rings is 1. The number of halogens is 1. The molecule has 0 aliphatic heterocycles. The highest BCUT2D eigenvalue weighted by molar-refractivity contribution is 9.10. The van der Waals surface area contributed by atoms with Crippen molar-refractivity contribution in [1.82, 2.24) is 9.88 Å². The summed E-state index contributed by atoms with van der Waals surface area (Å²) in [5, 5.41) is 0. The maximum Gasteiger partial charge on any atom is 0.272 e. The monoisotopic (exact) mass is 326 g/mol. The van der Waals surface area contributed by atoms with E-state index in [0.717, 1.165) is 0 Å². The first-order valence-electron chi connectivity index (χ1n) is 6.56. The minimum Gasteiger partial charge on any atom is -0.383 e. The minimum absolute atomic E-state index is 0.0160. The summed E-state index contributed by atoms with van der Waals surface area (Å²) in [5.41, 5.74) is 0.484. The molecule has 0 bridgehead atoms. The number of carbonyl (C=O) groups excluding carboxylic acids is 1. The van der Waals surface area contributed by atoms with Crippen molar-refractivity contribution in [3.63, 3.8) is 0 Å². The zero-order chi connectivity index (χ0) is 13.8. The molecule has 0 saturated heterocycles. The maximum absolute atomic E-state index is 12.6. The van der Waals surface area contributed by atoms with E-state index >= 15 is 0 Å². The Hall–Kier alpha value is -0.940. The van der Waals surface area contributed by atoms with Gasteiger partial charge in [-0.25, -0.2) is 4.98 Å². The average molecular weight is 327 g/mol. The second-order valence-electron chi connectivity index (χ2n) is 4.91. The summed E-state index contributed by atoms with van der Waals surface area (Å²) >= 11 is 3.30. The molecule has 19 heavy (non-hydrogen) atoms. The number of nitrogens with zero attached hydrogens (tertiary/aromatic N) is 2. The number of methoxy groups -OCH3 is 1. The van der Waals surface area contributed by atoms with E-state index in [1.165, 1.54) is 12.8 Å². The van der Waals surface area contributed by atoms with Crippen molar-refractivity contribution in [2.45, 2.75) is 25.8 Å². The molecule has 1 fully saturated rings. The van der Waals surface area contributed by atoms with Crippen molar-refractivity contribution in [1.29, 1.82) is 0 Å². The molecule has 1 aromatic heterocycles. The molecule has 5 heteroatoms. The number of hydrogen-bond donors (Lipinski definition) is 0. The zero-order valence-electron chi connectivity index (χ0n) is 11.3. The number of aromatic nitrogens is 1. The van der Waals surface area contributed by atoms with Gasteiger partial charge in [-0.3, -0.25) is 4.79 Å². The molecule has 0 aromatic carbocycles. The lowest BCUT2D eigenvalue weighted by Crippen LogP contribution is -2.42. The summed E-state index contributed by atoms with van der Waals surface area (Å²) < 4.78 is 5.79. The van der Waals surface area contributed by atoms with E-state index in [1.807, 2.05) is 17.0 Å². The van der Waals surface area contributed by atoms with Crippen molar-refractivity contribution < 1.29 is 9.53 Å². The van der Waals surface area contributed by atoms with Crippen molar-refractivity contribution in [2.75, 3.05) is 20.3 Å². The summed E-state index contributed by atoms with van der Waals surface area (Å²) in [6.07, 6.45) is 2.42. The molecular weight excluding hydrogens is 308 g/mol. The molecule has 0 spiro atoms. The minimum atomic E-state index is -0.0160. The van der Waals surface area contributed by atoms with Gasteiger partial charge in [-0.1, -0.05) is 6.07 Å². The molecule has 1 atom stereocenters. The molecule has 104 valence electrons. The average Bonchev–Trinajstić information content (AvgIpc) is 3.23. The molecule has 2 rings (SSSR count). The Kier molecular flexibility index (Phi) is 4.93. The summed E-state index contributed by atoms with van der Waals surface area (Å²) in [6.45, 7) is 3.28. The zero-order valence-corrected chi connectivity index (χ0v) is 12.9. The Bertz CT molecular complexity index is 449. The fourth-order valence-corrected chi connectivity index (χ4v) is 2.53.